The van der Waals surface area contributed by atoms with E-state index in [4.69, 9.17) is 5.11 Å². The first-order valence-electron chi connectivity index (χ1n) is 4.71. The van der Waals surface area contributed by atoms with Crippen LogP contribution >= 0.6 is 11.8 Å². The Hall–Kier alpha value is -1.83. The Morgan fingerprint density at radius 1 is 1.41 bits per heavy atom. The SMILES string of the molecule is Cn1ncc(C(=O)O)c1N1C(=O)CSCC1=O. The first kappa shape index (κ1) is 11.6. The van der Waals surface area contributed by atoms with Crippen molar-refractivity contribution < 1.29 is 19.5 Å². The smallest absolute Gasteiger partial charge is 0.341 e. The van der Waals surface area contributed by atoms with E-state index < -0.39 is 17.8 Å². The number of carboxylic acids is 1. The molecule has 8 heteroatoms. The van der Waals surface area contributed by atoms with Crippen molar-refractivity contribution in [2.75, 3.05) is 16.4 Å². The lowest BCUT2D eigenvalue weighted by molar-refractivity contribution is -0.124. The molecule has 1 aliphatic rings. The second-order valence-electron chi connectivity index (χ2n) is 3.43. The van der Waals surface area contributed by atoms with Gasteiger partial charge in [0.05, 0.1) is 17.7 Å². The number of imide groups is 1. The highest BCUT2D eigenvalue weighted by Gasteiger charge is 2.33. The van der Waals surface area contributed by atoms with Crippen molar-refractivity contribution >= 4 is 35.4 Å². The molecule has 2 amide bonds. The molecule has 0 aromatic carbocycles. The number of anilines is 1. The Kier molecular flexibility index (Phi) is 2.88. The minimum Gasteiger partial charge on any atom is -0.477 e. The molecule has 1 aromatic rings. The van der Waals surface area contributed by atoms with Gasteiger partial charge in [-0.15, -0.1) is 11.8 Å². The fraction of sp³-hybridized carbons (Fsp3) is 0.333. The van der Waals surface area contributed by atoms with E-state index in [0.29, 0.717) is 0 Å². The largest absolute Gasteiger partial charge is 0.477 e. The summed E-state index contributed by atoms with van der Waals surface area (Å²) < 4.78 is 1.22. The van der Waals surface area contributed by atoms with Gasteiger partial charge in [-0.05, 0) is 0 Å². The van der Waals surface area contributed by atoms with Gasteiger partial charge in [-0.3, -0.25) is 14.3 Å². The van der Waals surface area contributed by atoms with Crippen LogP contribution in [-0.2, 0) is 16.6 Å². The average Bonchev–Trinajstić information content (AvgIpc) is 2.61. The van der Waals surface area contributed by atoms with Gasteiger partial charge in [0.1, 0.15) is 5.56 Å². The molecular formula is C9H9N3O4S. The van der Waals surface area contributed by atoms with Gasteiger partial charge in [0.25, 0.3) is 0 Å². The number of hydrogen-bond acceptors (Lipinski definition) is 5. The van der Waals surface area contributed by atoms with Crippen molar-refractivity contribution in [2.45, 2.75) is 0 Å². The monoisotopic (exact) mass is 255 g/mol. The first-order chi connectivity index (χ1) is 8.02. The van der Waals surface area contributed by atoms with Crippen LogP contribution in [0.1, 0.15) is 10.4 Å². The summed E-state index contributed by atoms with van der Waals surface area (Å²) in [6, 6.07) is 0. The van der Waals surface area contributed by atoms with Crippen LogP contribution in [0.3, 0.4) is 0 Å². The normalized spacial score (nSPS) is 16.4. The van der Waals surface area contributed by atoms with Crippen LogP contribution < -0.4 is 4.90 Å². The summed E-state index contributed by atoms with van der Waals surface area (Å²) in [6.45, 7) is 0. The molecule has 0 spiro atoms. The van der Waals surface area contributed by atoms with Crippen LogP contribution in [0.15, 0.2) is 6.20 Å². The highest BCUT2D eigenvalue weighted by atomic mass is 32.2. The number of aryl methyl sites for hydroxylation is 1. The van der Waals surface area contributed by atoms with Gasteiger partial charge in [0.2, 0.25) is 11.8 Å². The van der Waals surface area contributed by atoms with Crippen LogP contribution in [0.25, 0.3) is 0 Å². The Bertz CT molecular complexity index is 494. The number of amides is 2. The number of nitrogens with zero attached hydrogens (tertiary/aromatic N) is 3. The van der Waals surface area contributed by atoms with E-state index in [1.54, 1.807) is 0 Å². The van der Waals surface area contributed by atoms with Gasteiger partial charge < -0.3 is 5.11 Å². The molecule has 0 bridgehead atoms. The molecule has 17 heavy (non-hydrogen) atoms. The van der Waals surface area contributed by atoms with Gasteiger partial charge in [0.15, 0.2) is 5.82 Å². The molecule has 0 atom stereocenters. The van der Waals surface area contributed by atoms with E-state index in [-0.39, 0.29) is 22.9 Å². The molecule has 0 radical (unpaired) electrons. The molecule has 90 valence electrons. The summed E-state index contributed by atoms with van der Waals surface area (Å²) >= 11 is 1.21. The van der Waals surface area contributed by atoms with Crippen molar-refractivity contribution in [2.24, 2.45) is 7.05 Å². The van der Waals surface area contributed by atoms with Crippen LogP contribution in [0, 0.1) is 0 Å². The number of rotatable bonds is 2. The van der Waals surface area contributed by atoms with Crippen LogP contribution in [0.5, 0.6) is 0 Å². The number of hydrogen-bond donors (Lipinski definition) is 1. The Labute approximate surface area is 100 Å². The first-order valence-corrected chi connectivity index (χ1v) is 5.86. The van der Waals surface area contributed by atoms with Gasteiger partial charge >= 0.3 is 5.97 Å². The second kappa shape index (κ2) is 4.21. The Morgan fingerprint density at radius 2 is 2.00 bits per heavy atom. The van der Waals surface area contributed by atoms with Crippen LogP contribution in [-0.4, -0.2) is 44.2 Å². The van der Waals surface area contributed by atoms with Gasteiger partial charge in [-0.2, -0.15) is 5.10 Å². The Morgan fingerprint density at radius 3 is 2.53 bits per heavy atom. The van der Waals surface area contributed by atoms with Crippen LogP contribution in [0.4, 0.5) is 5.82 Å². The molecule has 0 aliphatic carbocycles. The third kappa shape index (κ3) is 1.91. The fourth-order valence-electron chi connectivity index (χ4n) is 1.58. The summed E-state index contributed by atoms with van der Waals surface area (Å²) in [7, 11) is 1.49. The van der Waals surface area contributed by atoms with Crippen molar-refractivity contribution in [1.29, 1.82) is 0 Å². The zero-order chi connectivity index (χ0) is 12.6. The summed E-state index contributed by atoms with van der Waals surface area (Å²) in [5.74, 6) is -1.71. The molecule has 1 saturated heterocycles. The number of thioether (sulfide) groups is 1. The third-order valence-electron chi connectivity index (χ3n) is 2.30. The zero-order valence-corrected chi connectivity index (χ0v) is 9.73. The summed E-state index contributed by atoms with van der Waals surface area (Å²) in [4.78, 5) is 35.2. The number of aromatic carboxylic acids is 1. The molecule has 1 aliphatic heterocycles. The minimum atomic E-state index is -1.22. The Balaban J connectivity index is 2.51. The van der Waals surface area contributed by atoms with E-state index in [1.165, 1.54) is 23.5 Å². The molecule has 2 rings (SSSR count). The fourth-order valence-corrected chi connectivity index (χ4v) is 2.29. The van der Waals surface area contributed by atoms with E-state index in [0.717, 1.165) is 11.1 Å². The maximum absolute atomic E-state index is 11.7. The third-order valence-corrected chi connectivity index (χ3v) is 3.20. The molecule has 1 aromatic heterocycles. The minimum absolute atomic E-state index is 0.0211. The van der Waals surface area contributed by atoms with E-state index >= 15 is 0 Å². The predicted molar refractivity (Wildman–Crippen MR) is 60.0 cm³/mol. The number of carboxylic acid groups (broad SMARTS) is 1. The molecule has 1 N–H and O–H groups in total. The zero-order valence-electron chi connectivity index (χ0n) is 8.91. The maximum atomic E-state index is 11.7. The summed E-state index contributed by atoms with van der Waals surface area (Å²) in [5.41, 5.74) is -0.152. The quantitative estimate of drug-likeness (QED) is 0.731. The lowest BCUT2D eigenvalue weighted by Crippen LogP contribution is -2.44. The standard InChI is InChI=1S/C9H9N3O4S/c1-11-8(5(2-10-11)9(15)16)12-6(13)3-17-4-7(12)14/h2H,3-4H2,1H3,(H,15,16). The number of carbonyl (C=O) groups excluding carboxylic acids is 2. The molecule has 7 nitrogen and oxygen atoms in total. The van der Waals surface area contributed by atoms with E-state index in [9.17, 15) is 14.4 Å². The van der Waals surface area contributed by atoms with E-state index in [2.05, 4.69) is 5.10 Å². The van der Waals surface area contributed by atoms with Gasteiger partial charge in [0, 0.05) is 7.05 Å². The topological polar surface area (TPSA) is 92.5 Å². The van der Waals surface area contributed by atoms with Crippen molar-refractivity contribution in [3.8, 4) is 0 Å². The highest BCUT2D eigenvalue weighted by Crippen LogP contribution is 2.24. The molecule has 1 fully saturated rings. The highest BCUT2D eigenvalue weighted by molar-refractivity contribution is 8.00. The molecular weight excluding hydrogens is 246 g/mol. The van der Waals surface area contributed by atoms with Crippen LogP contribution in [0.2, 0.25) is 0 Å². The summed E-state index contributed by atoms with van der Waals surface area (Å²) in [6.07, 6.45) is 1.12. The lowest BCUT2D eigenvalue weighted by Gasteiger charge is -2.24. The van der Waals surface area contributed by atoms with Crippen molar-refractivity contribution in [1.82, 2.24) is 9.78 Å². The lowest BCUT2D eigenvalue weighted by atomic mass is 10.3. The second-order valence-corrected chi connectivity index (χ2v) is 4.41. The predicted octanol–water partition coefficient (Wildman–Crippen LogP) is -0.275. The average molecular weight is 255 g/mol. The molecule has 2 heterocycles. The number of aromatic nitrogens is 2. The van der Waals surface area contributed by atoms with Gasteiger partial charge in [-0.25, -0.2) is 9.69 Å². The van der Waals surface area contributed by atoms with E-state index in [1.807, 2.05) is 0 Å². The molecule has 0 unspecified atom stereocenters. The molecule has 0 saturated carbocycles. The van der Waals surface area contributed by atoms with Crippen molar-refractivity contribution in [3.05, 3.63) is 11.8 Å². The van der Waals surface area contributed by atoms with Gasteiger partial charge in [-0.1, -0.05) is 0 Å². The summed E-state index contributed by atoms with van der Waals surface area (Å²) in [5, 5.41) is 12.7. The number of carbonyl (C=O) groups is 3. The van der Waals surface area contributed by atoms with Crippen molar-refractivity contribution in [3.63, 3.8) is 0 Å². The maximum Gasteiger partial charge on any atom is 0.341 e.